The van der Waals surface area contributed by atoms with Gasteiger partial charge >= 0.3 is 0 Å². The Morgan fingerprint density at radius 2 is 2.00 bits per heavy atom. The van der Waals surface area contributed by atoms with E-state index >= 15 is 0 Å². The van der Waals surface area contributed by atoms with Gasteiger partial charge in [-0.05, 0) is 11.6 Å². The second-order valence-corrected chi connectivity index (χ2v) is 4.64. The zero-order chi connectivity index (χ0) is 14.4. The average molecular weight is 421 g/mol. The van der Waals surface area contributed by atoms with E-state index < -0.39 is 0 Å². The van der Waals surface area contributed by atoms with Crippen LogP contribution in [0.5, 0.6) is 0 Å². The molecular formula is C13H18ClIN6. The molecule has 6 nitrogen and oxygen atoms in total. The Morgan fingerprint density at radius 3 is 2.62 bits per heavy atom. The van der Waals surface area contributed by atoms with Gasteiger partial charge in [0.15, 0.2) is 11.8 Å². The first-order valence-corrected chi connectivity index (χ1v) is 6.59. The highest BCUT2D eigenvalue weighted by molar-refractivity contribution is 14.0. The Balaban J connectivity index is 0.00000220. The molecule has 0 atom stereocenters. The predicted octanol–water partition coefficient (Wildman–Crippen LogP) is 1.95. The maximum Gasteiger partial charge on any atom is 0.191 e. The normalized spacial score (nSPS) is 10.9. The van der Waals surface area contributed by atoms with Crippen molar-refractivity contribution in [2.24, 2.45) is 12.0 Å². The predicted molar refractivity (Wildman–Crippen MR) is 94.9 cm³/mol. The number of guanidine groups is 1. The zero-order valence-corrected chi connectivity index (χ0v) is 15.0. The summed E-state index contributed by atoms with van der Waals surface area (Å²) < 4.78 is 1.86. The van der Waals surface area contributed by atoms with Gasteiger partial charge in [-0.25, -0.2) is 0 Å². The summed E-state index contributed by atoms with van der Waals surface area (Å²) in [4.78, 5) is 4.16. The van der Waals surface area contributed by atoms with Crippen LogP contribution >= 0.6 is 35.6 Å². The molecule has 8 heteroatoms. The third-order valence-electron chi connectivity index (χ3n) is 2.85. The minimum atomic E-state index is 0. The summed E-state index contributed by atoms with van der Waals surface area (Å²) >= 11 is 6.11. The third-order valence-corrected chi connectivity index (χ3v) is 3.22. The highest BCUT2D eigenvalue weighted by atomic mass is 127. The van der Waals surface area contributed by atoms with Crippen LogP contribution in [-0.4, -0.2) is 27.8 Å². The van der Waals surface area contributed by atoms with Crippen molar-refractivity contribution < 1.29 is 0 Å². The van der Waals surface area contributed by atoms with Crippen LogP contribution in [0.3, 0.4) is 0 Å². The fraction of sp³-hybridized carbons (Fsp3) is 0.308. The summed E-state index contributed by atoms with van der Waals surface area (Å²) in [7, 11) is 3.62. The average Bonchev–Trinajstić information content (AvgIpc) is 2.86. The van der Waals surface area contributed by atoms with Crippen LogP contribution in [0.4, 0.5) is 0 Å². The molecule has 0 bridgehead atoms. The quantitative estimate of drug-likeness (QED) is 0.451. The van der Waals surface area contributed by atoms with Crippen molar-refractivity contribution in [1.82, 2.24) is 25.4 Å². The molecule has 2 N–H and O–H groups in total. The number of aliphatic imine (C=N–C) groups is 1. The Morgan fingerprint density at radius 1 is 1.29 bits per heavy atom. The van der Waals surface area contributed by atoms with Gasteiger partial charge in [-0.15, -0.1) is 34.2 Å². The van der Waals surface area contributed by atoms with Gasteiger partial charge in [-0.3, -0.25) is 4.99 Å². The van der Waals surface area contributed by atoms with E-state index in [2.05, 4.69) is 25.8 Å². The largest absolute Gasteiger partial charge is 0.352 e. The summed E-state index contributed by atoms with van der Waals surface area (Å²) in [5.41, 5.74) is 1.02. The van der Waals surface area contributed by atoms with E-state index in [1.807, 2.05) is 35.9 Å². The molecule has 1 aromatic heterocycles. The second-order valence-electron chi connectivity index (χ2n) is 4.23. The number of benzene rings is 1. The van der Waals surface area contributed by atoms with E-state index in [0.29, 0.717) is 19.0 Å². The lowest BCUT2D eigenvalue weighted by molar-refractivity contribution is 0.725. The fourth-order valence-corrected chi connectivity index (χ4v) is 1.87. The first kappa shape index (κ1) is 17.7. The number of aromatic nitrogens is 3. The first-order valence-electron chi connectivity index (χ1n) is 6.21. The van der Waals surface area contributed by atoms with Gasteiger partial charge in [-0.1, -0.05) is 29.8 Å². The first-order chi connectivity index (χ1) is 9.70. The Hall–Kier alpha value is -1.35. The monoisotopic (exact) mass is 420 g/mol. The van der Waals surface area contributed by atoms with Crippen molar-refractivity contribution in [3.63, 3.8) is 0 Å². The highest BCUT2D eigenvalue weighted by Crippen LogP contribution is 2.14. The van der Waals surface area contributed by atoms with Crippen molar-refractivity contribution in [2.75, 3.05) is 7.05 Å². The van der Waals surface area contributed by atoms with Crippen LogP contribution in [0.1, 0.15) is 11.4 Å². The molecule has 1 heterocycles. The lowest BCUT2D eigenvalue weighted by atomic mass is 10.2. The number of nitrogens with zero attached hydrogens (tertiary/aromatic N) is 4. The maximum absolute atomic E-state index is 6.11. The van der Waals surface area contributed by atoms with Crippen molar-refractivity contribution >= 4 is 41.5 Å². The molecular weight excluding hydrogens is 403 g/mol. The van der Waals surface area contributed by atoms with Crippen LogP contribution in [-0.2, 0) is 20.1 Å². The summed E-state index contributed by atoms with van der Waals surface area (Å²) in [5, 5.41) is 14.9. The molecule has 1 aromatic carbocycles. The number of hydrogen-bond acceptors (Lipinski definition) is 3. The summed E-state index contributed by atoms with van der Waals surface area (Å²) in [6, 6.07) is 7.71. The SMILES string of the molecule is CN=C(NCc1ccccc1Cl)NCc1nncn1C.I. The lowest BCUT2D eigenvalue weighted by Crippen LogP contribution is -2.36. The van der Waals surface area contributed by atoms with Gasteiger partial charge in [0, 0.05) is 25.7 Å². The van der Waals surface area contributed by atoms with E-state index in [1.165, 1.54) is 0 Å². The minimum absolute atomic E-state index is 0. The molecule has 0 saturated carbocycles. The Kier molecular flexibility index (Phi) is 7.44. The molecule has 0 saturated heterocycles. The van der Waals surface area contributed by atoms with E-state index in [4.69, 9.17) is 11.6 Å². The summed E-state index contributed by atoms with van der Waals surface area (Å²) in [5.74, 6) is 1.53. The van der Waals surface area contributed by atoms with E-state index in [-0.39, 0.29) is 24.0 Å². The number of rotatable bonds is 4. The number of halogens is 2. The van der Waals surface area contributed by atoms with Crippen LogP contribution in [0.2, 0.25) is 5.02 Å². The molecule has 0 fully saturated rings. The Bertz CT molecular complexity index is 598. The molecule has 2 rings (SSSR count). The topological polar surface area (TPSA) is 67.1 Å². The van der Waals surface area contributed by atoms with Gasteiger partial charge in [0.2, 0.25) is 0 Å². The second kappa shape index (κ2) is 8.83. The van der Waals surface area contributed by atoms with E-state index in [0.717, 1.165) is 16.4 Å². The third kappa shape index (κ3) is 5.16. The molecule has 0 radical (unpaired) electrons. The molecule has 0 unspecified atom stereocenters. The maximum atomic E-state index is 6.11. The zero-order valence-electron chi connectivity index (χ0n) is 11.9. The summed E-state index contributed by atoms with van der Waals surface area (Å²) in [6.07, 6.45) is 1.66. The molecule has 0 aliphatic rings. The van der Waals surface area contributed by atoms with Crippen LogP contribution < -0.4 is 10.6 Å². The molecule has 114 valence electrons. The highest BCUT2D eigenvalue weighted by Gasteiger charge is 2.04. The minimum Gasteiger partial charge on any atom is -0.352 e. The van der Waals surface area contributed by atoms with Gasteiger partial charge in [0.05, 0.1) is 6.54 Å². The Labute approximate surface area is 146 Å². The van der Waals surface area contributed by atoms with Crippen molar-refractivity contribution in [3.05, 3.63) is 47.0 Å². The molecule has 0 aliphatic heterocycles. The lowest BCUT2D eigenvalue weighted by Gasteiger charge is -2.12. The van der Waals surface area contributed by atoms with Crippen LogP contribution in [0.25, 0.3) is 0 Å². The van der Waals surface area contributed by atoms with Crippen molar-refractivity contribution in [2.45, 2.75) is 13.1 Å². The molecule has 2 aromatic rings. The molecule has 21 heavy (non-hydrogen) atoms. The van der Waals surface area contributed by atoms with Gasteiger partial charge in [0.25, 0.3) is 0 Å². The fourth-order valence-electron chi connectivity index (χ4n) is 1.67. The van der Waals surface area contributed by atoms with Crippen molar-refractivity contribution in [1.29, 1.82) is 0 Å². The van der Waals surface area contributed by atoms with Crippen molar-refractivity contribution in [3.8, 4) is 0 Å². The number of aryl methyl sites for hydroxylation is 1. The summed E-state index contributed by atoms with van der Waals surface area (Å²) in [6.45, 7) is 1.16. The van der Waals surface area contributed by atoms with Crippen LogP contribution in [0.15, 0.2) is 35.6 Å². The number of nitrogens with one attached hydrogen (secondary N) is 2. The smallest absolute Gasteiger partial charge is 0.191 e. The van der Waals surface area contributed by atoms with E-state index in [9.17, 15) is 0 Å². The number of hydrogen-bond donors (Lipinski definition) is 2. The standard InChI is InChI=1S/C13H17ClN6.HI/c1-15-13(17-8-12-19-18-9-20(12)2)16-7-10-5-3-4-6-11(10)14;/h3-6,9H,7-8H2,1-2H3,(H2,15,16,17);1H. The molecule has 0 amide bonds. The van der Waals surface area contributed by atoms with Gasteiger partial charge in [0.1, 0.15) is 6.33 Å². The van der Waals surface area contributed by atoms with Gasteiger partial charge < -0.3 is 15.2 Å². The van der Waals surface area contributed by atoms with E-state index in [1.54, 1.807) is 13.4 Å². The molecule has 0 aliphatic carbocycles. The van der Waals surface area contributed by atoms with Gasteiger partial charge in [-0.2, -0.15) is 0 Å². The van der Waals surface area contributed by atoms with Crippen LogP contribution in [0, 0.1) is 0 Å². The molecule has 0 spiro atoms.